The second-order valence-electron chi connectivity index (χ2n) is 4.07. The molecule has 0 saturated heterocycles. The summed E-state index contributed by atoms with van der Waals surface area (Å²) in [5.41, 5.74) is 9.25. The van der Waals surface area contributed by atoms with Crippen molar-refractivity contribution in [3.05, 3.63) is 46.3 Å². The van der Waals surface area contributed by atoms with E-state index in [4.69, 9.17) is 19.3 Å². The standard InChI is InChI=1S/C12H18N3O5P/c1-18-21(17,19-2)12(16)11(8-14-15-13)20-9-10-6-4-3-5-7-10/h3-7,11-12,16H,8-9H2,1-2H3/t11-,12+/m0/s1. The van der Waals surface area contributed by atoms with Gasteiger partial charge in [0.05, 0.1) is 13.2 Å². The van der Waals surface area contributed by atoms with Gasteiger partial charge in [-0.2, -0.15) is 0 Å². The van der Waals surface area contributed by atoms with Gasteiger partial charge in [-0.3, -0.25) is 4.57 Å². The molecule has 0 fully saturated rings. The predicted octanol–water partition coefficient (Wildman–Crippen LogP) is 2.69. The minimum Gasteiger partial charge on any atom is -0.378 e. The summed E-state index contributed by atoms with van der Waals surface area (Å²) in [6.45, 7) is -0.0296. The average molecular weight is 315 g/mol. The van der Waals surface area contributed by atoms with Crippen molar-refractivity contribution in [3.63, 3.8) is 0 Å². The molecule has 21 heavy (non-hydrogen) atoms. The van der Waals surface area contributed by atoms with Crippen LogP contribution in [0.25, 0.3) is 10.4 Å². The van der Waals surface area contributed by atoms with E-state index in [-0.39, 0.29) is 13.2 Å². The molecule has 116 valence electrons. The molecular formula is C12H18N3O5P. The van der Waals surface area contributed by atoms with Gasteiger partial charge in [-0.1, -0.05) is 35.4 Å². The van der Waals surface area contributed by atoms with E-state index < -0.39 is 19.5 Å². The molecule has 1 aromatic carbocycles. The zero-order valence-corrected chi connectivity index (χ0v) is 12.7. The van der Waals surface area contributed by atoms with E-state index in [9.17, 15) is 9.67 Å². The zero-order chi connectivity index (χ0) is 15.7. The van der Waals surface area contributed by atoms with Crippen LogP contribution in [-0.4, -0.2) is 37.8 Å². The Labute approximate surface area is 122 Å². The fourth-order valence-corrected chi connectivity index (χ4v) is 2.79. The van der Waals surface area contributed by atoms with Crippen LogP contribution in [0.3, 0.4) is 0 Å². The van der Waals surface area contributed by atoms with Gasteiger partial charge in [0, 0.05) is 19.1 Å². The highest BCUT2D eigenvalue weighted by Crippen LogP contribution is 2.52. The molecule has 0 spiro atoms. The minimum absolute atomic E-state index is 0.164. The average Bonchev–Trinajstić information content (AvgIpc) is 2.54. The molecule has 9 heteroatoms. The van der Waals surface area contributed by atoms with Gasteiger partial charge < -0.3 is 18.9 Å². The van der Waals surface area contributed by atoms with Crippen molar-refractivity contribution >= 4 is 7.60 Å². The first kappa shape index (κ1) is 17.7. The highest BCUT2D eigenvalue weighted by atomic mass is 31.2. The van der Waals surface area contributed by atoms with Crippen LogP contribution in [0.4, 0.5) is 0 Å². The number of hydrogen-bond donors (Lipinski definition) is 1. The lowest BCUT2D eigenvalue weighted by Crippen LogP contribution is -2.32. The summed E-state index contributed by atoms with van der Waals surface area (Å²) in [6, 6.07) is 9.21. The first-order valence-electron chi connectivity index (χ1n) is 6.13. The smallest absolute Gasteiger partial charge is 0.361 e. The molecule has 0 aliphatic heterocycles. The van der Waals surface area contributed by atoms with Crippen LogP contribution in [0.2, 0.25) is 0 Å². The van der Waals surface area contributed by atoms with E-state index in [0.29, 0.717) is 0 Å². The van der Waals surface area contributed by atoms with Gasteiger partial charge in [-0.25, -0.2) is 0 Å². The van der Waals surface area contributed by atoms with Crippen LogP contribution in [-0.2, 0) is 25.0 Å². The molecule has 0 unspecified atom stereocenters. The maximum atomic E-state index is 12.2. The third-order valence-electron chi connectivity index (χ3n) is 2.80. The summed E-state index contributed by atoms with van der Waals surface area (Å²) in [5, 5.41) is 13.5. The molecule has 0 radical (unpaired) electrons. The Morgan fingerprint density at radius 1 is 1.33 bits per heavy atom. The van der Waals surface area contributed by atoms with Crippen molar-refractivity contribution in [2.75, 3.05) is 20.8 Å². The van der Waals surface area contributed by atoms with E-state index in [1.54, 1.807) is 0 Å². The Morgan fingerprint density at radius 2 is 1.95 bits per heavy atom. The quantitative estimate of drug-likeness (QED) is 0.326. The third-order valence-corrected chi connectivity index (χ3v) is 4.80. The van der Waals surface area contributed by atoms with E-state index in [1.807, 2.05) is 30.3 Å². The lowest BCUT2D eigenvalue weighted by Gasteiger charge is -2.26. The van der Waals surface area contributed by atoms with Crippen LogP contribution in [0, 0.1) is 0 Å². The molecule has 0 heterocycles. The predicted molar refractivity (Wildman–Crippen MR) is 76.7 cm³/mol. The maximum absolute atomic E-state index is 12.2. The van der Waals surface area contributed by atoms with Crippen molar-refractivity contribution < 1.29 is 23.5 Å². The summed E-state index contributed by atoms with van der Waals surface area (Å²) in [4.78, 5) is 2.61. The molecule has 0 saturated carbocycles. The van der Waals surface area contributed by atoms with Crippen molar-refractivity contribution in [3.8, 4) is 0 Å². The first-order valence-corrected chi connectivity index (χ1v) is 7.74. The summed E-state index contributed by atoms with van der Waals surface area (Å²) in [7, 11) is -1.42. The number of aliphatic hydroxyl groups excluding tert-OH is 1. The molecule has 0 aliphatic carbocycles. The molecule has 0 amide bonds. The number of hydrogen-bond acceptors (Lipinski definition) is 6. The van der Waals surface area contributed by atoms with Crippen LogP contribution in [0.5, 0.6) is 0 Å². The van der Waals surface area contributed by atoms with Gasteiger partial charge >= 0.3 is 7.60 Å². The SMILES string of the molecule is COP(=O)(OC)[C@@H](O)[C@H](CN=[N+]=[N-])OCc1ccccc1. The second kappa shape index (κ2) is 8.79. The Bertz CT molecular complexity index is 513. The highest BCUT2D eigenvalue weighted by molar-refractivity contribution is 7.54. The third kappa shape index (κ3) is 5.13. The largest absolute Gasteiger partial charge is 0.378 e. The van der Waals surface area contributed by atoms with Gasteiger partial charge in [0.25, 0.3) is 0 Å². The Morgan fingerprint density at radius 3 is 2.48 bits per heavy atom. The van der Waals surface area contributed by atoms with E-state index in [1.165, 1.54) is 0 Å². The number of ether oxygens (including phenoxy) is 1. The summed E-state index contributed by atoms with van der Waals surface area (Å²) >= 11 is 0. The number of nitrogens with zero attached hydrogens (tertiary/aromatic N) is 3. The number of benzene rings is 1. The van der Waals surface area contributed by atoms with Crippen molar-refractivity contribution in [2.45, 2.75) is 18.6 Å². The van der Waals surface area contributed by atoms with Crippen molar-refractivity contribution in [1.82, 2.24) is 0 Å². The van der Waals surface area contributed by atoms with Gasteiger partial charge in [0.15, 0.2) is 5.85 Å². The van der Waals surface area contributed by atoms with Crippen molar-refractivity contribution in [1.29, 1.82) is 0 Å². The lowest BCUT2D eigenvalue weighted by molar-refractivity contribution is -0.0192. The zero-order valence-electron chi connectivity index (χ0n) is 11.8. The summed E-state index contributed by atoms with van der Waals surface area (Å²) in [5.74, 6) is -1.55. The van der Waals surface area contributed by atoms with Crippen LogP contribution in [0.15, 0.2) is 35.4 Å². The summed E-state index contributed by atoms with van der Waals surface area (Å²) in [6.07, 6.45) is -1.01. The monoisotopic (exact) mass is 315 g/mol. The molecule has 1 rings (SSSR count). The fourth-order valence-electron chi connectivity index (χ4n) is 1.62. The second-order valence-corrected chi connectivity index (χ2v) is 6.41. The lowest BCUT2D eigenvalue weighted by atomic mass is 10.2. The summed E-state index contributed by atoms with van der Waals surface area (Å²) < 4.78 is 27.1. The van der Waals surface area contributed by atoms with Gasteiger partial charge in [0.2, 0.25) is 0 Å². The Balaban J connectivity index is 2.80. The fraction of sp³-hybridized carbons (Fsp3) is 0.500. The van der Waals surface area contributed by atoms with Crippen LogP contribution in [0.1, 0.15) is 5.56 Å². The van der Waals surface area contributed by atoms with Crippen molar-refractivity contribution in [2.24, 2.45) is 5.11 Å². The Hall–Kier alpha value is -1.40. The van der Waals surface area contributed by atoms with Crippen LogP contribution >= 0.6 is 7.60 Å². The molecule has 2 atom stereocenters. The molecule has 1 N–H and O–H groups in total. The molecule has 8 nitrogen and oxygen atoms in total. The topological polar surface area (TPSA) is 114 Å². The van der Waals surface area contributed by atoms with Gasteiger partial charge in [0.1, 0.15) is 6.10 Å². The molecule has 0 aromatic heterocycles. The first-order chi connectivity index (χ1) is 10.1. The van der Waals surface area contributed by atoms with Crippen LogP contribution < -0.4 is 0 Å². The van der Waals surface area contributed by atoms with Gasteiger partial charge in [-0.15, -0.1) is 0 Å². The van der Waals surface area contributed by atoms with Gasteiger partial charge in [-0.05, 0) is 11.1 Å². The Kier molecular flexibility index (Phi) is 7.39. The minimum atomic E-state index is -3.74. The van der Waals surface area contributed by atoms with E-state index in [2.05, 4.69) is 10.0 Å². The molecule has 0 bridgehead atoms. The maximum Gasteiger partial charge on any atom is 0.361 e. The molecule has 1 aromatic rings. The number of azide groups is 1. The number of aliphatic hydroxyl groups is 1. The highest BCUT2D eigenvalue weighted by Gasteiger charge is 2.39. The normalized spacial score (nSPS) is 14.2. The van der Waals surface area contributed by atoms with E-state index in [0.717, 1.165) is 19.8 Å². The molecule has 0 aliphatic rings. The molecular weight excluding hydrogens is 297 g/mol. The van der Waals surface area contributed by atoms with E-state index >= 15 is 0 Å². The number of rotatable bonds is 9.